The number of fused-ring (bicyclic) bond motifs is 1. The third-order valence-corrected chi connectivity index (χ3v) is 4.68. The van der Waals surface area contributed by atoms with Crippen molar-refractivity contribution in [1.29, 1.82) is 0 Å². The van der Waals surface area contributed by atoms with Crippen molar-refractivity contribution in [2.45, 2.75) is 51.6 Å². The highest BCUT2D eigenvalue weighted by Gasteiger charge is 2.36. The molecule has 2 aliphatic heterocycles. The molecule has 4 atom stereocenters. The molecule has 0 aromatic rings. The van der Waals surface area contributed by atoms with Crippen LogP contribution in [0.4, 0.5) is 0 Å². The van der Waals surface area contributed by atoms with Crippen LogP contribution in [0, 0.1) is 11.8 Å². The third-order valence-electron chi connectivity index (χ3n) is 4.68. The molecule has 2 saturated heterocycles. The van der Waals surface area contributed by atoms with Crippen LogP contribution in [0.2, 0.25) is 0 Å². The molecule has 0 aromatic carbocycles. The highest BCUT2D eigenvalue weighted by molar-refractivity contribution is 5.82. The predicted octanol–water partition coefficient (Wildman–Crippen LogP) is 0.487. The number of likely N-dealkylation sites (tertiary alicyclic amines) is 1. The van der Waals surface area contributed by atoms with Crippen molar-refractivity contribution < 1.29 is 9.59 Å². The first kappa shape index (κ1) is 14.3. The van der Waals surface area contributed by atoms with Crippen LogP contribution in [0.25, 0.3) is 0 Å². The number of nitrogens with two attached hydrogens (primary N) is 1. The Morgan fingerprint density at radius 3 is 2.95 bits per heavy atom. The number of hydrogen-bond acceptors (Lipinski definition) is 3. The van der Waals surface area contributed by atoms with E-state index in [0.717, 1.165) is 25.8 Å². The zero-order valence-corrected chi connectivity index (χ0v) is 11.9. The fraction of sp³-hybridized carbons (Fsp3) is 0.857. The van der Waals surface area contributed by atoms with Crippen LogP contribution < -0.4 is 11.1 Å². The van der Waals surface area contributed by atoms with E-state index in [1.165, 1.54) is 0 Å². The molecule has 0 aliphatic carbocycles. The second-order valence-corrected chi connectivity index (χ2v) is 5.96. The number of rotatable bonds is 3. The van der Waals surface area contributed by atoms with Crippen molar-refractivity contribution in [2.75, 3.05) is 13.1 Å². The van der Waals surface area contributed by atoms with Gasteiger partial charge in [0.25, 0.3) is 0 Å². The summed E-state index contributed by atoms with van der Waals surface area (Å²) < 4.78 is 0. The van der Waals surface area contributed by atoms with Crippen molar-refractivity contribution in [3.8, 4) is 0 Å². The first-order chi connectivity index (χ1) is 9.02. The quantitative estimate of drug-likeness (QED) is 0.781. The first-order valence-corrected chi connectivity index (χ1v) is 7.36. The molecule has 0 aromatic heterocycles. The Hall–Kier alpha value is -1.10. The van der Waals surface area contributed by atoms with Gasteiger partial charge in [-0.15, -0.1) is 0 Å². The average molecular weight is 267 g/mol. The third kappa shape index (κ3) is 3.08. The standard InChI is InChI=1S/C14H25N3O2/c1-3-9(2)13(15)14(19)17-7-6-11-10(8-17)4-5-12(18)16-11/h9-11,13H,3-8,15H2,1-2H3,(H,16,18)/t9?,10?,11?,13-/m0/s1. The van der Waals surface area contributed by atoms with Gasteiger partial charge in [-0.1, -0.05) is 20.3 Å². The van der Waals surface area contributed by atoms with Gasteiger partial charge in [-0.3, -0.25) is 9.59 Å². The topological polar surface area (TPSA) is 75.4 Å². The van der Waals surface area contributed by atoms with E-state index in [-0.39, 0.29) is 29.8 Å². The van der Waals surface area contributed by atoms with E-state index >= 15 is 0 Å². The summed E-state index contributed by atoms with van der Waals surface area (Å²) in [5.74, 6) is 0.845. The molecule has 5 nitrogen and oxygen atoms in total. The van der Waals surface area contributed by atoms with Gasteiger partial charge in [0.15, 0.2) is 0 Å². The molecule has 3 N–H and O–H groups in total. The second kappa shape index (κ2) is 5.90. The molecular formula is C14H25N3O2. The molecule has 0 saturated carbocycles. The lowest BCUT2D eigenvalue weighted by Gasteiger charge is -2.42. The molecule has 19 heavy (non-hydrogen) atoms. The number of nitrogens with one attached hydrogen (secondary N) is 1. The number of amides is 2. The van der Waals surface area contributed by atoms with E-state index in [1.807, 2.05) is 11.8 Å². The molecule has 3 unspecified atom stereocenters. The SMILES string of the molecule is CCC(C)[C@H](N)C(=O)N1CCC2NC(=O)CCC2C1. The molecule has 0 radical (unpaired) electrons. The lowest BCUT2D eigenvalue weighted by Crippen LogP contribution is -2.58. The summed E-state index contributed by atoms with van der Waals surface area (Å²) in [6, 6.07) is -0.134. The lowest BCUT2D eigenvalue weighted by atomic mass is 9.84. The monoisotopic (exact) mass is 267 g/mol. The van der Waals surface area contributed by atoms with Crippen molar-refractivity contribution >= 4 is 11.8 Å². The average Bonchev–Trinajstić information content (AvgIpc) is 2.44. The number of hydrogen-bond donors (Lipinski definition) is 2. The van der Waals surface area contributed by atoms with Gasteiger partial charge in [0.1, 0.15) is 0 Å². The van der Waals surface area contributed by atoms with Crippen LogP contribution in [0.5, 0.6) is 0 Å². The zero-order chi connectivity index (χ0) is 14.0. The molecule has 5 heteroatoms. The summed E-state index contributed by atoms with van der Waals surface area (Å²) in [5.41, 5.74) is 6.03. The van der Waals surface area contributed by atoms with Crippen molar-refractivity contribution in [1.82, 2.24) is 10.2 Å². The van der Waals surface area contributed by atoms with Gasteiger partial charge in [0, 0.05) is 25.6 Å². The Kier molecular flexibility index (Phi) is 4.45. The van der Waals surface area contributed by atoms with Crippen LogP contribution in [0.15, 0.2) is 0 Å². The first-order valence-electron chi connectivity index (χ1n) is 7.36. The van der Waals surface area contributed by atoms with E-state index in [2.05, 4.69) is 12.2 Å². The fourth-order valence-electron chi connectivity index (χ4n) is 3.02. The molecule has 2 heterocycles. The largest absolute Gasteiger partial charge is 0.353 e. The molecule has 108 valence electrons. The smallest absolute Gasteiger partial charge is 0.239 e. The van der Waals surface area contributed by atoms with Crippen molar-refractivity contribution in [3.63, 3.8) is 0 Å². The molecule has 2 amide bonds. The van der Waals surface area contributed by atoms with Crippen molar-refractivity contribution in [2.24, 2.45) is 17.6 Å². The highest BCUT2D eigenvalue weighted by atomic mass is 16.2. The second-order valence-electron chi connectivity index (χ2n) is 5.96. The Morgan fingerprint density at radius 1 is 1.53 bits per heavy atom. The van der Waals surface area contributed by atoms with Gasteiger partial charge in [-0.2, -0.15) is 0 Å². The van der Waals surface area contributed by atoms with E-state index in [0.29, 0.717) is 18.9 Å². The van der Waals surface area contributed by atoms with Gasteiger partial charge in [0.05, 0.1) is 6.04 Å². The summed E-state index contributed by atoms with van der Waals surface area (Å²) >= 11 is 0. The lowest BCUT2D eigenvalue weighted by molar-refractivity contribution is -0.137. The predicted molar refractivity (Wildman–Crippen MR) is 73.3 cm³/mol. The van der Waals surface area contributed by atoms with Crippen LogP contribution >= 0.6 is 0 Å². The Bertz CT molecular complexity index is 359. The highest BCUT2D eigenvalue weighted by Crippen LogP contribution is 2.26. The van der Waals surface area contributed by atoms with Crippen molar-refractivity contribution in [3.05, 3.63) is 0 Å². The van der Waals surface area contributed by atoms with E-state index < -0.39 is 0 Å². The fourth-order valence-corrected chi connectivity index (χ4v) is 3.02. The zero-order valence-electron chi connectivity index (χ0n) is 11.9. The summed E-state index contributed by atoms with van der Waals surface area (Å²) in [6.45, 7) is 5.54. The molecule has 0 bridgehead atoms. The maximum atomic E-state index is 12.4. The molecule has 0 spiro atoms. The van der Waals surface area contributed by atoms with E-state index in [9.17, 15) is 9.59 Å². The Labute approximate surface area is 114 Å². The molecular weight excluding hydrogens is 242 g/mol. The molecule has 2 fully saturated rings. The van der Waals surface area contributed by atoms with Gasteiger partial charge in [-0.05, 0) is 24.7 Å². The van der Waals surface area contributed by atoms with Gasteiger partial charge >= 0.3 is 0 Å². The molecule has 2 aliphatic rings. The van der Waals surface area contributed by atoms with Gasteiger partial charge in [0.2, 0.25) is 11.8 Å². The number of carbonyl (C=O) groups excluding carboxylic acids is 2. The van der Waals surface area contributed by atoms with Crippen LogP contribution in [0.1, 0.15) is 39.5 Å². The molecule has 2 rings (SSSR count). The van der Waals surface area contributed by atoms with E-state index in [1.54, 1.807) is 0 Å². The minimum Gasteiger partial charge on any atom is -0.353 e. The maximum Gasteiger partial charge on any atom is 0.239 e. The normalized spacial score (nSPS) is 30.3. The summed E-state index contributed by atoms with van der Waals surface area (Å²) in [4.78, 5) is 25.6. The Balaban J connectivity index is 1.93. The van der Waals surface area contributed by atoms with E-state index in [4.69, 9.17) is 5.73 Å². The minimum absolute atomic E-state index is 0.0738. The van der Waals surface area contributed by atoms with Gasteiger partial charge in [-0.25, -0.2) is 0 Å². The van der Waals surface area contributed by atoms with Gasteiger partial charge < -0.3 is 16.0 Å². The number of carbonyl (C=O) groups is 2. The summed E-state index contributed by atoms with van der Waals surface area (Å²) in [7, 11) is 0. The van der Waals surface area contributed by atoms with Crippen LogP contribution in [0.3, 0.4) is 0 Å². The summed E-state index contributed by atoms with van der Waals surface area (Å²) in [5, 5.41) is 3.03. The van der Waals surface area contributed by atoms with Crippen LogP contribution in [-0.4, -0.2) is 41.9 Å². The summed E-state index contributed by atoms with van der Waals surface area (Å²) in [6.07, 6.45) is 3.25. The van der Waals surface area contributed by atoms with Crippen LogP contribution in [-0.2, 0) is 9.59 Å². The maximum absolute atomic E-state index is 12.4. The number of nitrogens with zero attached hydrogens (tertiary/aromatic N) is 1. The minimum atomic E-state index is -0.389. The number of piperidine rings is 2. The Morgan fingerprint density at radius 2 is 2.26 bits per heavy atom.